The Morgan fingerprint density at radius 1 is 0.228 bits per heavy atom. The zero-order valence-corrected chi connectivity index (χ0v) is 46.3. The summed E-state index contributed by atoms with van der Waals surface area (Å²) in [6.45, 7) is 1.75. The van der Waals surface area contributed by atoms with Crippen molar-refractivity contribution < 1.29 is 113 Å². The molecule has 2 heterocycles. The van der Waals surface area contributed by atoms with Crippen LogP contribution in [0.5, 0.6) is 23.0 Å². The van der Waals surface area contributed by atoms with Crippen molar-refractivity contribution in [3.8, 4) is 23.0 Å². The summed E-state index contributed by atoms with van der Waals surface area (Å²) >= 11 is 0. The number of ether oxygens (including phenoxy) is 13. The van der Waals surface area contributed by atoms with E-state index in [2.05, 4.69) is 0 Å². The minimum atomic E-state index is -5.10. The third-order valence-corrected chi connectivity index (χ3v) is 15.4. The molecule has 29 heteroatoms. The molecule has 79 heavy (non-hydrogen) atoms. The smallest absolute Gasteiger partial charge is 0.294 e. The molecule has 7 rings (SSSR count). The normalized spacial score (nSPS) is 18.7. The third kappa shape index (κ3) is 19.0. The maximum atomic E-state index is 13.3. The van der Waals surface area contributed by atoms with E-state index in [1.165, 1.54) is 0 Å². The molecule has 0 amide bonds. The molecule has 4 N–H and O–H groups in total. The van der Waals surface area contributed by atoms with E-state index >= 15 is 0 Å². The van der Waals surface area contributed by atoms with Gasteiger partial charge in [0.2, 0.25) is 0 Å². The largest absolute Gasteiger partial charge is 0.491 e. The van der Waals surface area contributed by atoms with Crippen molar-refractivity contribution in [1.29, 1.82) is 0 Å². The molecule has 1 aliphatic carbocycles. The Labute approximate surface area is 458 Å². The van der Waals surface area contributed by atoms with Crippen LogP contribution in [-0.4, -0.2) is 197 Å². The van der Waals surface area contributed by atoms with E-state index in [0.717, 1.165) is 48.5 Å². The van der Waals surface area contributed by atoms with Crippen LogP contribution >= 0.6 is 0 Å². The van der Waals surface area contributed by atoms with E-state index < -0.39 is 85.7 Å². The highest BCUT2D eigenvalue weighted by molar-refractivity contribution is 7.86. The van der Waals surface area contributed by atoms with Crippen molar-refractivity contribution in [1.82, 2.24) is 0 Å². The number of hydrogen-bond donors (Lipinski definition) is 4. The third-order valence-electron chi connectivity index (χ3n) is 12.1. The van der Waals surface area contributed by atoms with Crippen LogP contribution in [0.25, 0.3) is 0 Å². The average Bonchev–Trinajstić information content (AvgIpc) is 3.48. The lowest BCUT2D eigenvalue weighted by Gasteiger charge is -2.24. The van der Waals surface area contributed by atoms with Crippen LogP contribution in [0.2, 0.25) is 0 Å². The van der Waals surface area contributed by atoms with Crippen molar-refractivity contribution >= 4 is 40.5 Å². The van der Waals surface area contributed by atoms with Crippen molar-refractivity contribution in [3.05, 3.63) is 93.0 Å². The van der Waals surface area contributed by atoms with Gasteiger partial charge in [-0.1, -0.05) is 0 Å². The molecule has 0 aromatic heterocycles. The molecule has 0 saturated heterocycles. The highest BCUT2D eigenvalue weighted by Gasteiger charge is 2.29. The van der Waals surface area contributed by atoms with Gasteiger partial charge >= 0.3 is 0 Å². The van der Waals surface area contributed by atoms with E-state index in [-0.39, 0.29) is 213 Å². The average molecular weight is 1190 g/mol. The van der Waals surface area contributed by atoms with Gasteiger partial charge in [-0.25, -0.2) is 0 Å². The van der Waals surface area contributed by atoms with Gasteiger partial charge in [0.15, 0.2) is 0 Å². The summed E-state index contributed by atoms with van der Waals surface area (Å²) in [6.07, 6.45) is -1.93. The zero-order valence-electron chi connectivity index (χ0n) is 43.0. The lowest BCUT2D eigenvalue weighted by molar-refractivity contribution is -0.0142. The van der Waals surface area contributed by atoms with E-state index in [0.29, 0.717) is 0 Å². The first-order chi connectivity index (χ1) is 37.8. The minimum absolute atomic E-state index is 0.0185. The summed E-state index contributed by atoms with van der Waals surface area (Å²) in [5, 5.41) is 0. The molecule has 0 saturated carbocycles. The van der Waals surface area contributed by atoms with E-state index in [4.69, 9.17) is 61.6 Å². The fraction of sp³-hybridized carbons (Fsp3) is 0.520. The summed E-state index contributed by atoms with van der Waals surface area (Å²) in [6, 6.07) is 8.61. The first kappa shape index (κ1) is 62.0. The zero-order chi connectivity index (χ0) is 56.5. The molecule has 0 spiro atoms. The predicted molar refractivity (Wildman–Crippen MR) is 276 cm³/mol. The topological polar surface area (TPSA) is 337 Å². The Morgan fingerprint density at radius 2 is 0.354 bits per heavy atom. The molecule has 25 nitrogen and oxygen atoms in total. The summed E-state index contributed by atoms with van der Waals surface area (Å²) in [5.74, 6) is -0.204. The van der Waals surface area contributed by atoms with Crippen LogP contribution in [0.4, 0.5) is 0 Å². The van der Waals surface area contributed by atoms with Gasteiger partial charge in [-0.3, -0.25) is 18.2 Å². The minimum Gasteiger partial charge on any atom is -0.491 e. The summed E-state index contributed by atoms with van der Waals surface area (Å²) in [7, 11) is -20.4. The first-order valence-electron chi connectivity index (χ1n) is 25.0. The Morgan fingerprint density at radius 3 is 0.481 bits per heavy atom. The van der Waals surface area contributed by atoms with Crippen molar-refractivity contribution in [3.63, 3.8) is 0 Å². The van der Waals surface area contributed by atoms with Crippen molar-refractivity contribution in [2.75, 3.05) is 145 Å². The van der Waals surface area contributed by atoms with Gasteiger partial charge < -0.3 is 61.6 Å². The van der Waals surface area contributed by atoms with Crippen molar-refractivity contribution in [2.24, 2.45) is 0 Å². The lowest BCUT2D eigenvalue weighted by Crippen LogP contribution is -2.17. The SMILES string of the molecule is O=S(=O)(O)c1cc2c3c(c1)Cc1cc(S(=O)(=O)O)cc4c1OCCOCCOCCOCCOCCOc1c(cc(S(=O)(=O)O)cc1C4)Cc1cc(S(=O)(=O)O)cc(c1OCCOCCOCCOCCOCCOCCO3)C2. The second-order valence-corrected chi connectivity index (χ2v) is 23.5. The molecule has 2 aliphatic heterocycles. The Balaban J connectivity index is 1.53. The summed E-state index contributed by atoms with van der Waals surface area (Å²) < 4.78 is 226. The van der Waals surface area contributed by atoms with Crippen LogP contribution in [-0.2, 0) is 109 Å². The first-order valence-corrected chi connectivity index (χ1v) is 30.8. The standard InChI is InChI=1S/C50H64O25S4/c51-76(52,53)43-27-35-23-36-28-44(77(54,55)56)30-38-25-40-32-46(79(60,61)62)34-42-26-41-33-45(78(57,58)59)31-39(49(41)74-21-17-70-13-9-66-5-6-67-10-14-71-18-22-75-50(40)42)24-37(29-43)47(35)72-19-15-68-11-7-64-3-1-63-2-4-65-8-12-69-16-20-73-48(36)38/h27-34H,1-26H2,(H,51,52,53)(H,54,55,56)(H,57,58,59)(H,60,61,62). The molecule has 4 aromatic rings. The number of rotatable bonds is 4. The number of hydrogen-bond acceptors (Lipinski definition) is 21. The molecular weight excluding hydrogens is 1130 g/mol. The molecular formula is C50H64O25S4. The predicted octanol–water partition coefficient (Wildman–Crippen LogP) is 3.04. The van der Waals surface area contributed by atoms with E-state index in [1.807, 2.05) is 0 Å². The van der Waals surface area contributed by atoms with Gasteiger partial charge in [-0.15, -0.1) is 0 Å². The molecule has 4 aromatic carbocycles. The molecule has 0 unspecified atom stereocenters. The van der Waals surface area contributed by atoms with Gasteiger partial charge in [0.1, 0.15) is 49.4 Å². The van der Waals surface area contributed by atoms with Crippen molar-refractivity contribution in [2.45, 2.75) is 45.3 Å². The Bertz CT molecular complexity index is 2940. The quantitative estimate of drug-likeness (QED) is 0.188. The second kappa shape index (κ2) is 29.4. The summed E-state index contributed by atoms with van der Waals surface area (Å²) in [5.41, 5.74) is -0.175. The molecule has 0 fully saturated rings. The fourth-order valence-electron chi connectivity index (χ4n) is 8.65. The highest BCUT2D eigenvalue weighted by Crippen LogP contribution is 2.42. The van der Waals surface area contributed by atoms with Gasteiger partial charge in [-0.2, -0.15) is 33.7 Å². The number of benzene rings is 4. The van der Waals surface area contributed by atoms with Crippen LogP contribution in [0, 0.1) is 0 Å². The van der Waals surface area contributed by atoms with Gasteiger partial charge in [0, 0.05) is 70.2 Å². The highest BCUT2D eigenvalue weighted by atomic mass is 32.2. The maximum absolute atomic E-state index is 13.3. The van der Waals surface area contributed by atoms with Crippen LogP contribution < -0.4 is 18.9 Å². The Hall–Kier alpha value is -4.64. The lowest BCUT2D eigenvalue weighted by atomic mass is 9.91. The summed E-state index contributed by atoms with van der Waals surface area (Å²) in [4.78, 5) is -2.70. The van der Waals surface area contributed by atoms with Crippen LogP contribution in [0.1, 0.15) is 44.5 Å². The van der Waals surface area contributed by atoms with Crippen LogP contribution in [0.3, 0.4) is 0 Å². The molecule has 0 atom stereocenters. The molecule has 12 bridgehead atoms. The molecule has 3 aliphatic rings. The monoisotopic (exact) mass is 1190 g/mol. The van der Waals surface area contributed by atoms with E-state index in [1.54, 1.807) is 0 Å². The van der Waals surface area contributed by atoms with Gasteiger partial charge in [0.05, 0.1) is 139 Å². The molecule has 0 radical (unpaired) electrons. The molecule has 438 valence electrons. The maximum Gasteiger partial charge on any atom is 0.294 e. The van der Waals surface area contributed by atoms with Gasteiger partial charge in [0.25, 0.3) is 40.5 Å². The van der Waals surface area contributed by atoms with E-state index in [9.17, 15) is 51.9 Å². The Kier molecular flexibility index (Phi) is 23.0. The second-order valence-electron chi connectivity index (χ2n) is 17.8. The fourth-order valence-corrected chi connectivity index (χ4v) is 11.0. The van der Waals surface area contributed by atoms with Gasteiger partial charge in [-0.05, 0) is 48.5 Å². The van der Waals surface area contributed by atoms with Crippen LogP contribution in [0.15, 0.2) is 68.1 Å².